The van der Waals surface area contributed by atoms with Crippen LogP contribution in [0.25, 0.3) is 0 Å². The number of nitrogens with zero attached hydrogens (tertiary/aromatic N) is 1. The van der Waals surface area contributed by atoms with Crippen molar-refractivity contribution in [2.24, 2.45) is 5.92 Å². The molecule has 24 heavy (non-hydrogen) atoms. The molecule has 0 aliphatic heterocycles. The number of esters is 1. The molecule has 8 heteroatoms. The number of amides is 2. The maximum absolute atomic E-state index is 13.6. The highest BCUT2D eigenvalue weighted by Crippen LogP contribution is 2.13. The van der Waals surface area contributed by atoms with Crippen LogP contribution in [0.5, 0.6) is 0 Å². The van der Waals surface area contributed by atoms with E-state index in [0.717, 1.165) is 18.2 Å². The van der Waals surface area contributed by atoms with Gasteiger partial charge in [-0.3, -0.25) is 9.59 Å². The highest BCUT2D eigenvalue weighted by Gasteiger charge is 2.29. The number of ether oxygens (including phenoxy) is 1. The lowest BCUT2D eigenvalue weighted by molar-refractivity contribution is -0.153. The minimum atomic E-state index is -1.15. The van der Waals surface area contributed by atoms with Crippen molar-refractivity contribution in [1.82, 2.24) is 10.2 Å². The van der Waals surface area contributed by atoms with Crippen LogP contribution in [0, 0.1) is 17.6 Å². The number of hydrogen-bond acceptors (Lipinski definition) is 4. The Kier molecular flexibility index (Phi) is 6.82. The third-order valence-electron chi connectivity index (χ3n) is 3.23. The Labute approximate surface area is 138 Å². The quantitative estimate of drug-likeness (QED) is 0.792. The number of nitrogens with one attached hydrogen (secondary N) is 1. The van der Waals surface area contributed by atoms with Crippen molar-refractivity contribution < 1.29 is 27.9 Å². The first-order chi connectivity index (χ1) is 11.1. The SMILES string of the molecule is CC(C)[C@H](NC(=O)c1c(F)cccc1F)C(=O)OCC(=O)N(C)C. The Morgan fingerprint density at radius 3 is 2.17 bits per heavy atom. The molecule has 1 aromatic rings. The lowest BCUT2D eigenvalue weighted by Crippen LogP contribution is -2.46. The summed E-state index contributed by atoms with van der Waals surface area (Å²) in [5.74, 6) is -4.84. The van der Waals surface area contributed by atoms with E-state index in [1.54, 1.807) is 13.8 Å². The summed E-state index contributed by atoms with van der Waals surface area (Å²) < 4.78 is 32.1. The molecule has 0 bridgehead atoms. The van der Waals surface area contributed by atoms with Crippen LogP contribution in [-0.2, 0) is 14.3 Å². The van der Waals surface area contributed by atoms with Crippen LogP contribution < -0.4 is 5.32 Å². The van der Waals surface area contributed by atoms with Crippen molar-refractivity contribution in [2.75, 3.05) is 20.7 Å². The highest BCUT2D eigenvalue weighted by atomic mass is 19.1. The molecule has 0 aliphatic rings. The summed E-state index contributed by atoms with van der Waals surface area (Å²) in [7, 11) is 3.00. The second kappa shape index (κ2) is 8.37. The molecule has 0 radical (unpaired) electrons. The monoisotopic (exact) mass is 342 g/mol. The van der Waals surface area contributed by atoms with E-state index in [0.29, 0.717) is 0 Å². The van der Waals surface area contributed by atoms with Crippen LogP contribution in [0.15, 0.2) is 18.2 Å². The molecule has 1 N–H and O–H groups in total. The molecule has 0 aliphatic carbocycles. The fourth-order valence-corrected chi connectivity index (χ4v) is 1.78. The molecule has 0 aromatic heterocycles. The van der Waals surface area contributed by atoms with Crippen LogP contribution >= 0.6 is 0 Å². The van der Waals surface area contributed by atoms with E-state index < -0.39 is 53.5 Å². The van der Waals surface area contributed by atoms with Crippen LogP contribution in [0.1, 0.15) is 24.2 Å². The zero-order chi connectivity index (χ0) is 18.4. The Bertz CT molecular complexity index is 612. The van der Waals surface area contributed by atoms with Gasteiger partial charge in [-0.1, -0.05) is 19.9 Å². The second-order valence-electron chi connectivity index (χ2n) is 5.69. The van der Waals surface area contributed by atoms with Gasteiger partial charge in [-0.25, -0.2) is 13.6 Å². The summed E-state index contributed by atoms with van der Waals surface area (Å²) in [5, 5.41) is 2.25. The van der Waals surface area contributed by atoms with E-state index in [4.69, 9.17) is 4.74 Å². The van der Waals surface area contributed by atoms with Crippen LogP contribution in [-0.4, -0.2) is 49.4 Å². The molecule has 0 saturated carbocycles. The fourth-order valence-electron chi connectivity index (χ4n) is 1.78. The fraction of sp³-hybridized carbons (Fsp3) is 0.438. The molecule has 0 fully saturated rings. The van der Waals surface area contributed by atoms with Gasteiger partial charge in [-0.05, 0) is 18.1 Å². The van der Waals surface area contributed by atoms with E-state index in [1.807, 2.05) is 0 Å². The molecule has 1 atom stereocenters. The Balaban J connectivity index is 2.84. The summed E-state index contributed by atoms with van der Waals surface area (Å²) in [6.07, 6.45) is 0. The molecular formula is C16H20F2N2O4. The zero-order valence-corrected chi connectivity index (χ0v) is 13.9. The first-order valence-corrected chi connectivity index (χ1v) is 7.26. The molecule has 0 heterocycles. The molecular weight excluding hydrogens is 322 g/mol. The summed E-state index contributed by atoms with van der Waals surface area (Å²) >= 11 is 0. The van der Waals surface area contributed by atoms with Gasteiger partial charge < -0.3 is 15.0 Å². The minimum Gasteiger partial charge on any atom is -0.454 e. The average Bonchev–Trinajstić information content (AvgIpc) is 2.49. The van der Waals surface area contributed by atoms with Gasteiger partial charge in [-0.2, -0.15) is 0 Å². The number of halogens is 2. The average molecular weight is 342 g/mol. The molecule has 0 saturated heterocycles. The van der Waals surface area contributed by atoms with Gasteiger partial charge in [0.05, 0.1) is 0 Å². The van der Waals surface area contributed by atoms with E-state index in [1.165, 1.54) is 19.0 Å². The number of carbonyl (C=O) groups is 3. The smallest absolute Gasteiger partial charge is 0.329 e. The van der Waals surface area contributed by atoms with Gasteiger partial charge >= 0.3 is 5.97 Å². The van der Waals surface area contributed by atoms with Gasteiger partial charge in [0, 0.05) is 14.1 Å². The summed E-state index contributed by atoms with van der Waals surface area (Å²) in [5.41, 5.74) is -0.777. The van der Waals surface area contributed by atoms with Crippen molar-refractivity contribution >= 4 is 17.8 Å². The maximum atomic E-state index is 13.6. The van der Waals surface area contributed by atoms with Gasteiger partial charge in [0.1, 0.15) is 23.2 Å². The first-order valence-electron chi connectivity index (χ1n) is 7.26. The van der Waals surface area contributed by atoms with Crippen LogP contribution in [0.2, 0.25) is 0 Å². The standard InChI is InChI=1S/C16H20F2N2O4/c1-9(2)14(16(23)24-8-12(21)20(3)4)19-15(22)13-10(17)6-5-7-11(13)18/h5-7,9,14H,8H2,1-4H3,(H,19,22)/t14-/m0/s1. The lowest BCUT2D eigenvalue weighted by Gasteiger charge is -2.21. The van der Waals surface area contributed by atoms with Crippen molar-refractivity contribution in [1.29, 1.82) is 0 Å². The maximum Gasteiger partial charge on any atom is 0.329 e. The van der Waals surface area contributed by atoms with Crippen molar-refractivity contribution in [3.05, 3.63) is 35.4 Å². The summed E-state index contributed by atoms with van der Waals surface area (Å²) in [4.78, 5) is 36.8. The summed E-state index contributed by atoms with van der Waals surface area (Å²) in [6, 6.07) is 1.86. The van der Waals surface area contributed by atoms with Gasteiger partial charge in [-0.15, -0.1) is 0 Å². The Morgan fingerprint density at radius 1 is 1.17 bits per heavy atom. The van der Waals surface area contributed by atoms with Crippen molar-refractivity contribution in [3.63, 3.8) is 0 Å². The molecule has 132 valence electrons. The third kappa shape index (κ3) is 5.00. The number of likely N-dealkylation sites (N-methyl/N-ethyl adjacent to an activating group) is 1. The molecule has 1 rings (SSSR count). The van der Waals surface area contributed by atoms with E-state index >= 15 is 0 Å². The van der Waals surface area contributed by atoms with Crippen LogP contribution in [0.3, 0.4) is 0 Å². The first kappa shape index (κ1) is 19.5. The predicted octanol–water partition coefficient (Wildman–Crippen LogP) is 1.35. The molecule has 2 amide bonds. The lowest BCUT2D eigenvalue weighted by atomic mass is 10.0. The molecule has 0 spiro atoms. The topological polar surface area (TPSA) is 75.7 Å². The number of carbonyl (C=O) groups excluding carboxylic acids is 3. The predicted molar refractivity (Wildman–Crippen MR) is 82.1 cm³/mol. The molecule has 6 nitrogen and oxygen atoms in total. The normalized spacial score (nSPS) is 11.8. The number of benzene rings is 1. The second-order valence-corrected chi connectivity index (χ2v) is 5.69. The van der Waals surface area contributed by atoms with Gasteiger partial charge in [0.25, 0.3) is 11.8 Å². The van der Waals surface area contributed by atoms with Gasteiger partial charge in [0.15, 0.2) is 6.61 Å². The zero-order valence-electron chi connectivity index (χ0n) is 13.9. The minimum absolute atomic E-state index is 0.411. The highest BCUT2D eigenvalue weighted by molar-refractivity contribution is 5.97. The third-order valence-corrected chi connectivity index (χ3v) is 3.23. The van der Waals surface area contributed by atoms with Crippen molar-refractivity contribution in [2.45, 2.75) is 19.9 Å². The van der Waals surface area contributed by atoms with E-state index in [-0.39, 0.29) is 0 Å². The van der Waals surface area contributed by atoms with E-state index in [2.05, 4.69) is 5.32 Å². The van der Waals surface area contributed by atoms with Crippen LogP contribution in [0.4, 0.5) is 8.78 Å². The van der Waals surface area contributed by atoms with Crippen molar-refractivity contribution in [3.8, 4) is 0 Å². The largest absolute Gasteiger partial charge is 0.454 e. The summed E-state index contributed by atoms with van der Waals surface area (Å²) in [6.45, 7) is 2.76. The number of rotatable bonds is 6. The molecule has 1 aromatic carbocycles. The molecule has 0 unspecified atom stereocenters. The van der Waals surface area contributed by atoms with Gasteiger partial charge in [0.2, 0.25) is 0 Å². The Morgan fingerprint density at radius 2 is 1.71 bits per heavy atom. The van der Waals surface area contributed by atoms with E-state index in [9.17, 15) is 23.2 Å². The number of hydrogen-bond donors (Lipinski definition) is 1. The Hall–Kier alpha value is -2.51.